The van der Waals surface area contributed by atoms with Crippen LogP contribution in [-0.4, -0.2) is 43.0 Å². The Hall–Kier alpha value is -2.04. The molecule has 1 heterocycles. The van der Waals surface area contributed by atoms with Crippen LogP contribution in [0, 0.1) is 6.92 Å². The van der Waals surface area contributed by atoms with Crippen LogP contribution in [0.25, 0.3) is 0 Å². The SMILES string of the molecule is Cc1ccc(Cl)cc1N1CCN([C@@H](C)C(=O)Nc2ccccc2)CC1. The van der Waals surface area contributed by atoms with Gasteiger partial charge in [0.15, 0.2) is 0 Å². The molecule has 0 aliphatic carbocycles. The van der Waals surface area contributed by atoms with Crippen LogP contribution < -0.4 is 10.2 Å². The first-order chi connectivity index (χ1) is 12.0. The highest BCUT2D eigenvalue weighted by atomic mass is 35.5. The molecule has 1 N–H and O–H groups in total. The summed E-state index contributed by atoms with van der Waals surface area (Å²) in [6.07, 6.45) is 0. The fraction of sp³-hybridized carbons (Fsp3) is 0.350. The number of carbonyl (C=O) groups is 1. The second kappa shape index (κ2) is 7.89. The Morgan fingerprint density at radius 3 is 2.44 bits per heavy atom. The van der Waals surface area contributed by atoms with Gasteiger partial charge in [0, 0.05) is 42.6 Å². The molecule has 132 valence electrons. The van der Waals surface area contributed by atoms with Crippen molar-refractivity contribution >= 4 is 28.9 Å². The maximum absolute atomic E-state index is 12.5. The number of hydrogen-bond donors (Lipinski definition) is 1. The maximum Gasteiger partial charge on any atom is 0.241 e. The number of amides is 1. The zero-order valence-electron chi connectivity index (χ0n) is 14.7. The van der Waals surface area contributed by atoms with Gasteiger partial charge in [-0.2, -0.15) is 0 Å². The van der Waals surface area contributed by atoms with Crippen LogP contribution in [0.4, 0.5) is 11.4 Å². The Bertz CT molecular complexity index is 727. The first-order valence-corrected chi connectivity index (χ1v) is 9.03. The average Bonchev–Trinajstić information content (AvgIpc) is 2.64. The van der Waals surface area contributed by atoms with Crippen LogP contribution in [0.15, 0.2) is 48.5 Å². The van der Waals surface area contributed by atoms with Gasteiger partial charge in [-0.25, -0.2) is 0 Å². The molecule has 1 aliphatic heterocycles. The van der Waals surface area contributed by atoms with Crippen molar-refractivity contribution in [2.45, 2.75) is 19.9 Å². The quantitative estimate of drug-likeness (QED) is 0.904. The first-order valence-electron chi connectivity index (χ1n) is 8.65. The minimum absolute atomic E-state index is 0.0404. The van der Waals surface area contributed by atoms with E-state index in [1.54, 1.807) is 0 Å². The lowest BCUT2D eigenvalue weighted by Gasteiger charge is -2.39. The van der Waals surface area contributed by atoms with Crippen LogP contribution in [0.1, 0.15) is 12.5 Å². The molecule has 0 spiro atoms. The molecule has 1 atom stereocenters. The van der Waals surface area contributed by atoms with Gasteiger partial charge in [-0.15, -0.1) is 0 Å². The second-order valence-corrected chi connectivity index (χ2v) is 6.92. The number of benzene rings is 2. The third kappa shape index (κ3) is 4.33. The number of halogens is 1. The normalized spacial score (nSPS) is 16.5. The predicted octanol–water partition coefficient (Wildman–Crippen LogP) is 3.80. The molecule has 1 fully saturated rings. The molecular formula is C20H24ClN3O. The minimum atomic E-state index is -0.150. The molecule has 1 saturated heterocycles. The molecule has 2 aromatic carbocycles. The van der Waals surface area contributed by atoms with Crippen molar-refractivity contribution in [3.63, 3.8) is 0 Å². The van der Waals surface area contributed by atoms with Gasteiger partial charge in [0.05, 0.1) is 6.04 Å². The van der Waals surface area contributed by atoms with Crippen LogP contribution in [0.3, 0.4) is 0 Å². The molecule has 3 rings (SSSR count). The zero-order chi connectivity index (χ0) is 17.8. The number of piperazine rings is 1. The molecule has 4 nitrogen and oxygen atoms in total. The molecular weight excluding hydrogens is 334 g/mol. The van der Waals surface area contributed by atoms with Crippen molar-refractivity contribution in [1.29, 1.82) is 0 Å². The van der Waals surface area contributed by atoms with Crippen molar-refractivity contribution in [2.75, 3.05) is 36.4 Å². The molecule has 0 saturated carbocycles. The lowest BCUT2D eigenvalue weighted by atomic mass is 10.1. The van der Waals surface area contributed by atoms with E-state index in [0.717, 1.165) is 36.9 Å². The number of para-hydroxylation sites is 1. The van der Waals surface area contributed by atoms with Gasteiger partial charge < -0.3 is 10.2 Å². The van der Waals surface area contributed by atoms with Crippen LogP contribution in [0.5, 0.6) is 0 Å². The van der Waals surface area contributed by atoms with Gasteiger partial charge in [-0.05, 0) is 43.7 Å². The summed E-state index contributed by atoms with van der Waals surface area (Å²) in [4.78, 5) is 17.1. The number of rotatable bonds is 4. The molecule has 25 heavy (non-hydrogen) atoms. The molecule has 0 radical (unpaired) electrons. The number of hydrogen-bond acceptors (Lipinski definition) is 3. The lowest BCUT2D eigenvalue weighted by Crippen LogP contribution is -2.53. The number of aryl methyl sites for hydroxylation is 1. The zero-order valence-corrected chi connectivity index (χ0v) is 15.5. The van der Waals surface area contributed by atoms with Gasteiger partial charge in [-0.3, -0.25) is 9.69 Å². The number of nitrogens with one attached hydrogen (secondary N) is 1. The predicted molar refractivity (Wildman–Crippen MR) is 105 cm³/mol. The van der Waals surface area contributed by atoms with E-state index in [1.165, 1.54) is 11.3 Å². The number of anilines is 2. The molecule has 1 aliphatic rings. The summed E-state index contributed by atoms with van der Waals surface area (Å²) in [6, 6.07) is 15.5. The van der Waals surface area contributed by atoms with Crippen molar-refractivity contribution in [2.24, 2.45) is 0 Å². The topological polar surface area (TPSA) is 35.6 Å². The van der Waals surface area contributed by atoms with Crippen LogP contribution >= 0.6 is 11.6 Å². The summed E-state index contributed by atoms with van der Waals surface area (Å²) >= 11 is 6.14. The minimum Gasteiger partial charge on any atom is -0.369 e. The Morgan fingerprint density at radius 2 is 1.76 bits per heavy atom. The Kier molecular flexibility index (Phi) is 5.61. The van der Waals surface area contributed by atoms with E-state index in [0.29, 0.717) is 0 Å². The molecule has 0 unspecified atom stereocenters. The summed E-state index contributed by atoms with van der Waals surface area (Å²) in [5.74, 6) is 0.0404. The third-order valence-electron chi connectivity index (χ3n) is 4.79. The number of carbonyl (C=O) groups excluding carboxylic acids is 1. The lowest BCUT2D eigenvalue weighted by molar-refractivity contribution is -0.120. The molecule has 0 bridgehead atoms. The summed E-state index contributed by atoms with van der Waals surface area (Å²) in [7, 11) is 0. The van der Waals surface area contributed by atoms with Crippen molar-refractivity contribution in [1.82, 2.24) is 4.90 Å². The molecule has 1 amide bonds. The second-order valence-electron chi connectivity index (χ2n) is 6.49. The van der Waals surface area contributed by atoms with Crippen molar-refractivity contribution in [3.8, 4) is 0 Å². The fourth-order valence-corrected chi connectivity index (χ4v) is 3.37. The van der Waals surface area contributed by atoms with Gasteiger partial charge in [-0.1, -0.05) is 35.9 Å². The molecule has 5 heteroatoms. The van der Waals surface area contributed by atoms with E-state index in [1.807, 2.05) is 49.4 Å². The number of nitrogens with zero attached hydrogens (tertiary/aromatic N) is 2. The highest BCUT2D eigenvalue weighted by Gasteiger charge is 2.26. The average molecular weight is 358 g/mol. The van der Waals surface area contributed by atoms with Crippen LogP contribution in [-0.2, 0) is 4.79 Å². The summed E-state index contributed by atoms with van der Waals surface area (Å²) in [5, 5.41) is 3.75. The smallest absolute Gasteiger partial charge is 0.241 e. The Morgan fingerprint density at radius 1 is 1.08 bits per heavy atom. The van der Waals surface area contributed by atoms with E-state index >= 15 is 0 Å². The Balaban J connectivity index is 1.58. The summed E-state index contributed by atoms with van der Waals surface area (Å²) in [6.45, 7) is 7.57. The third-order valence-corrected chi connectivity index (χ3v) is 5.03. The fourth-order valence-electron chi connectivity index (χ4n) is 3.21. The van der Waals surface area contributed by atoms with Crippen molar-refractivity contribution in [3.05, 3.63) is 59.1 Å². The largest absolute Gasteiger partial charge is 0.369 e. The first kappa shape index (κ1) is 17.8. The van der Waals surface area contributed by atoms with E-state index in [4.69, 9.17) is 11.6 Å². The Labute approximate surface area is 154 Å². The van der Waals surface area contributed by atoms with E-state index in [-0.39, 0.29) is 11.9 Å². The van der Waals surface area contributed by atoms with E-state index in [9.17, 15) is 4.79 Å². The highest BCUT2D eigenvalue weighted by Crippen LogP contribution is 2.25. The van der Waals surface area contributed by atoms with Gasteiger partial charge in [0.25, 0.3) is 0 Å². The summed E-state index contributed by atoms with van der Waals surface area (Å²) in [5.41, 5.74) is 3.26. The maximum atomic E-state index is 12.5. The standard InChI is InChI=1S/C20H24ClN3O/c1-15-8-9-17(21)14-19(15)24-12-10-23(11-13-24)16(2)20(25)22-18-6-4-3-5-7-18/h3-9,14,16H,10-13H2,1-2H3,(H,22,25)/t16-/m0/s1. The van der Waals surface area contributed by atoms with Gasteiger partial charge >= 0.3 is 0 Å². The van der Waals surface area contributed by atoms with Crippen LogP contribution in [0.2, 0.25) is 5.02 Å². The summed E-state index contributed by atoms with van der Waals surface area (Å²) < 4.78 is 0. The van der Waals surface area contributed by atoms with E-state index in [2.05, 4.69) is 28.1 Å². The van der Waals surface area contributed by atoms with Gasteiger partial charge in [0.2, 0.25) is 5.91 Å². The monoisotopic (exact) mass is 357 g/mol. The molecule has 0 aromatic heterocycles. The highest BCUT2D eigenvalue weighted by molar-refractivity contribution is 6.30. The van der Waals surface area contributed by atoms with Crippen molar-refractivity contribution < 1.29 is 4.79 Å². The van der Waals surface area contributed by atoms with Gasteiger partial charge in [0.1, 0.15) is 0 Å². The van der Waals surface area contributed by atoms with E-state index < -0.39 is 0 Å². The molecule has 2 aromatic rings.